The molecule has 4 rings (SSSR count). The molecule has 0 bridgehead atoms. The van der Waals surface area contributed by atoms with Crippen LogP contribution in [-0.2, 0) is 29.0 Å². The molecule has 1 aromatic heterocycles. The maximum atomic E-state index is 12.9. The Balaban J connectivity index is 1.40. The molecule has 0 saturated carbocycles. The fourth-order valence-corrected chi connectivity index (χ4v) is 5.42. The molecule has 1 saturated heterocycles. The molecule has 1 aliphatic rings. The van der Waals surface area contributed by atoms with Gasteiger partial charge in [-0.1, -0.05) is 54.1 Å². The SMILES string of the molecule is Cc1ccc(-c2nc(C)sc2CC(=O)NCc2ccccc2CN2CC(C)OC(C)C2)cc1. The van der Waals surface area contributed by atoms with Gasteiger partial charge in [-0.3, -0.25) is 9.69 Å². The van der Waals surface area contributed by atoms with Crippen molar-refractivity contribution in [1.29, 1.82) is 0 Å². The standard InChI is InChI=1S/C27H33N3O2S/c1-18-9-11-22(12-10-18)27-25(33-21(4)29-27)13-26(31)28-14-23-7-5-6-8-24(23)17-30-15-19(2)32-20(3)16-30/h5-12,19-20H,13-17H2,1-4H3,(H,28,31). The molecule has 3 aromatic rings. The van der Waals surface area contributed by atoms with E-state index in [0.717, 1.165) is 46.3 Å². The number of carbonyl (C=O) groups is 1. The molecule has 1 N–H and O–H groups in total. The average molecular weight is 464 g/mol. The zero-order chi connectivity index (χ0) is 23.4. The predicted molar refractivity (Wildman–Crippen MR) is 134 cm³/mol. The number of benzene rings is 2. The van der Waals surface area contributed by atoms with Gasteiger partial charge in [-0.05, 0) is 38.8 Å². The van der Waals surface area contributed by atoms with Crippen molar-refractivity contribution in [3.05, 3.63) is 75.1 Å². The summed E-state index contributed by atoms with van der Waals surface area (Å²) < 4.78 is 5.87. The number of hydrogen-bond donors (Lipinski definition) is 1. The quantitative estimate of drug-likeness (QED) is 0.542. The van der Waals surface area contributed by atoms with Crippen molar-refractivity contribution in [2.45, 2.75) is 59.4 Å². The van der Waals surface area contributed by atoms with Gasteiger partial charge in [-0.15, -0.1) is 11.3 Å². The Hall–Kier alpha value is -2.54. The maximum absolute atomic E-state index is 12.9. The van der Waals surface area contributed by atoms with Crippen molar-refractivity contribution >= 4 is 17.2 Å². The Morgan fingerprint density at radius 1 is 1.06 bits per heavy atom. The lowest BCUT2D eigenvalue weighted by Crippen LogP contribution is -2.45. The van der Waals surface area contributed by atoms with Gasteiger partial charge in [-0.25, -0.2) is 4.98 Å². The summed E-state index contributed by atoms with van der Waals surface area (Å²) in [5, 5.41) is 4.12. The molecule has 1 amide bonds. The number of nitrogens with zero attached hydrogens (tertiary/aromatic N) is 2. The molecule has 0 aliphatic carbocycles. The third-order valence-corrected chi connectivity index (χ3v) is 6.90. The largest absolute Gasteiger partial charge is 0.373 e. The summed E-state index contributed by atoms with van der Waals surface area (Å²) in [6.45, 7) is 11.6. The highest BCUT2D eigenvalue weighted by atomic mass is 32.1. The van der Waals surface area contributed by atoms with E-state index in [1.807, 2.05) is 13.0 Å². The van der Waals surface area contributed by atoms with Gasteiger partial charge >= 0.3 is 0 Å². The highest BCUT2D eigenvalue weighted by Gasteiger charge is 2.23. The van der Waals surface area contributed by atoms with Crippen LogP contribution in [0.25, 0.3) is 11.3 Å². The van der Waals surface area contributed by atoms with E-state index in [9.17, 15) is 4.79 Å². The van der Waals surface area contributed by atoms with Gasteiger partial charge in [0.15, 0.2) is 0 Å². The van der Waals surface area contributed by atoms with Gasteiger partial charge in [0.1, 0.15) is 0 Å². The van der Waals surface area contributed by atoms with E-state index in [1.54, 1.807) is 11.3 Å². The first kappa shape index (κ1) is 23.6. The van der Waals surface area contributed by atoms with Crippen LogP contribution in [-0.4, -0.2) is 41.1 Å². The maximum Gasteiger partial charge on any atom is 0.225 e. The number of aryl methyl sites for hydroxylation is 2. The Labute approximate surface area is 200 Å². The van der Waals surface area contributed by atoms with E-state index in [0.29, 0.717) is 13.0 Å². The van der Waals surface area contributed by atoms with Gasteiger partial charge in [0.25, 0.3) is 0 Å². The average Bonchev–Trinajstić information content (AvgIpc) is 3.13. The molecule has 1 fully saturated rings. The number of ether oxygens (including phenoxy) is 1. The fourth-order valence-electron chi connectivity index (χ4n) is 4.47. The van der Waals surface area contributed by atoms with Crippen molar-refractivity contribution < 1.29 is 9.53 Å². The van der Waals surface area contributed by atoms with Crippen LogP contribution in [0.4, 0.5) is 0 Å². The number of morpholine rings is 1. The molecule has 2 heterocycles. The number of aromatic nitrogens is 1. The van der Waals surface area contributed by atoms with Gasteiger partial charge in [0.05, 0.1) is 29.3 Å². The monoisotopic (exact) mass is 463 g/mol. The summed E-state index contributed by atoms with van der Waals surface area (Å²) >= 11 is 1.60. The predicted octanol–water partition coefficient (Wildman–Crippen LogP) is 4.90. The van der Waals surface area contributed by atoms with Gasteiger partial charge < -0.3 is 10.1 Å². The van der Waals surface area contributed by atoms with Crippen LogP contribution in [0.3, 0.4) is 0 Å². The highest BCUT2D eigenvalue weighted by Crippen LogP contribution is 2.29. The molecular formula is C27H33N3O2S. The van der Waals surface area contributed by atoms with Crippen LogP contribution in [0.15, 0.2) is 48.5 Å². The van der Waals surface area contributed by atoms with Crippen LogP contribution in [0.1, 0.15) is 40.4 Å². The fraction of sp³-hybridized carbons (Fsp3) is 0.407. The third-order valence-electron chi connectivity index (χ3n) is 5.93. The number of hydrogen-bond acceptors (Lipinski definition) is 5. The minimum absolute atomic E-state index is 0.0235. The molecule has 174 valence electrons. The molecular weight excluding hydrogens is 430 g/mol. The molecule has 2 aromatic carbocycles. The number of rotatable bonds is 7. The molecule has 5 nitrogen and oxygen atoms in total. The first-order valence-electron chi connectivity index (χ1n) is 11.6. The molecule has 1 aliphatic heterocycles. The number of amides is 1. The van der Waals surface area contributed by atoms with Crippen LogP contribution < -0.4 is 5.32 Å². The van der Waals surface area contributed by atoms with E-state index in [2.05, 4.69) is 73.5 Å². The number of carbonyl (C=O) groups excluding carboxylic acids is 1. The molecule has 2 atom stereocenters. The highest BCUT2D eigenvalue weighted by molar-refractivity contribution is 7.12. The zero-order valence-electron chi connectivity index (χ0n) is 19.9. The summed E-state index contributed by atoms with van der Waals surface area (Å²) in [7, 11) is 0. The molecule has 2 unspecified atom stereocenters. The van der Waals surface area contributed by atoms with Crippen LogP contribution in [0, 0.1) is 13.8 Å². The van der Waals surface area contributed by atoms with Crippen molar-refractivity contribution in [1.82, 2.24) is 15.2 Å². The summed E-state index contributed by atoms with van der Waals surface area (Å²) in [5.74, 6) is 0.0235. The first-order chi connectivity index (χ1) is 15.9. The molecule has 6 heteroatoms. The smallest absolute Gasteiger partial charge is 0.225 e. The van der Waals surface area contributed by atoms with Crippen molar-refractivity contribution in [2.24, 2.45) is 0 Å². The summed E-state index contributed by atoms with van der Waals surface area (Å²) in [4.78, 5) is 21.0. The van der Waals surface area contributed by atoms with E-state index in [-0.39, 0.29) is 18.1 Å². The molecule has 0 spiro atoms. The first-order valence-corrected chi connectivity index (χ1v) is 12.4. The van der Waals surface area contributed by atoms with Gasteiger partial charge in [0, 0.05) is 36.6 Å². The Kier molecular flexibility index (Phi) is 7.58. The summed E-state index contributed by atoms with van der Waals surface area (Å²) in [6.07, 6.45) is 0.826. The van der Waals surface area contributed by atoms with Crippen LogP contribution in [0.2, 0.25) is 0 Å². The van der Waals surface area contributed by atoms with E-state index in [1.165, 1.54) is 11.1 Å². The summed E-state index contributed by atoms with van der Waals surface area (Å²) in [6, 6.07) is 16.7. The van der Waals surface area contributed by atoms with Crippen LogP contribution >= 0.6 is 11.3 Å². The minimum atomic E-state index is 0.0235. The Bertz CT molecular complexity index is 1080. The Morgan fingerprint density at radius 3 is 2.42 bits per heavy atom. The van der Waals surface area contributed by atoms with Crippen LogP contribution in [0.5, 0.6) is 0 Å². The zero-order valence-corrected chi connectivity index (χ0v) is 20.7. The second-order valence-corrected chi connectivity index (χ2v) is 10.3. The van der Waals surface area contributed by atoms with Crippen molar-refractivity contribution in [3.8, 4) is 11.3 Å². The second-order valence-electron chi connectivity index (χ2n) is 9.04. The lowest BCUT2D eigenvalue weighted by Gasteiger charge is -2.35. The van der Waals surface area contributed by atoms with Gasteiger partial charge in [0.2, 0.25) is 5.91 Å². The lowest BCUT2D eigenvalue weighted by molar-refractivity contribution is -0.120. The number of thiazole rings is 1. The normalized spacial score (nSPS) is 18.9. The summed E-state index contributed by atoms with van der Waals surface area (Å²) in [5.41, 5.74) is 5.62. The van der Waals surface area contributed by atoms with E-state index in [4.69, 9.17) is 9.72 Å². The lowest BCUT2D eigenvalue weighted by atomic mass is 10.1. The minimum Gasteiger partial charge on any atom is -0.373 e. The van der Waals surface area contributed by atoms with E-state index < -0.39 is 0 Å². The van der Waals surface area contributed by atoms with Crippen molar-refractivity contribution in [2.75, 3.05) is 13.1 Å². The molecule has 33 heavy (non-hydrogen) atoms. The number of nitrogens with one attached hydrogen (secondary N) is 1. The second kappa shape index (κ2) is 10.6. The van der Waals surface area contributed by atoms with Crippen molar-refractivity contribution in [3.63, 3.8) is 0 Å². The Morgan fingerprint density at radius 2 is 1.73 bits per heavy atom. The third kappa shape index (κ3) is 6.28. The van der Waals surface area contributed by atoms with Gasteiger partial charge in [-0.2, -0.15) is 0 Å². The molecule has 0 radical (unpaired) electrons. The van der Waals surface area contributed by atoms with E-state index >= 15 is 0 Å². The topological polar surface area (TPSA) is 54.5 Å².